The van der Waals surface area contributed by atoms with Gasteiger partial charge < -0.3 is 0 Å². The van der Waals surface area contributed by atoms with E-state index in [1.165, 1.54) is 32.6 Å². The molecule has 0 aliphatic heterocycles. The maximum Gasteiger partial charge on any atom is 0.277 e. The second-order valence-electron chi connectivity index (χ2n) is 6.50. The van der Waals surface area contributed by atoms with E-state index in [-0.39, 0.29) is 23.2 Å². The van der Waals surface area contributed by atoms with Gasteiger partial charge in [-0.2, -0.15) is 4.80 Å². The summed E-state index contributed by atoms with van der Waals surface area (Å²) in [5.74, 6) is 0. The summed E-state index contributed by atoms with van der Waals surface area (Å²) in [6.07, 6.45) is 1.32. The van der Waals surface area contributed by atoms with E-state index in [0.29, 0.717) is 28.4 Å². The van der Waals surface area contributed by atoms with Gasteiger partial charge in [0.05, 0.1) is 29.4 Å². The van der Waals surface area contributed by atoms with Crippen molar-refractivity contribution in [1.82, 2.24) is 50.2 Å². The molecule has 138 valence electrons. The standard InChI is InChI=1S/C15H16N10O2/c1-8(2)24-14(26)10-4-13-11(5-12(10)18-21-24)15(27)25(22-19-13)9(3)6-23-17-7-16-20-23/h4-5,7-9H,6H2,1-3H3. The third kappa shape index (κ3) is 2.84. The molecular formula is C15H16N10O2. The van der Waals surface area contributed by atoms with Crippen LogP contribution >= 0.6 is 0 Å². The van der Waals surface area contributed by atoms with E-state index in [9.17, 15) is 9.59 Å². The van der Waals surface area contributed by atoms with E-state index in [2.05, 4.69) is 36.0 Å². The molecule has 1 unspecified atom stereocenters. The fourth-order valence-electron chi connectivity index (χ4n) is 2.82. The van der Waals surface area contributed by atoms with Gasteiger partial charge in [0.2, 0.25) is 0 Å². The molecule has 1 aromatic carbocycles. The fourth-order valence-corrected chi connectivity index (χ4v) is 2.82. The lowest BCUT2D eigenvalue weighted by atomic mass is 10.2. The molecule has 0 saturated carbocycles. The maximum absolute atomic E-state index is 12.9. The Morgan fingerprint density at radius 2 is 1.48 bits per heavy atom. The van der Waals surface area contributed by atoms with Gasteiger partial charge in [-0.1, -0.05) is 10.4 Å². The zero-order valence-corrected chi connectivity index (χ0v) is 14.9. The Balaban J connectivity index is 1.85. The third-order valence-corrected chi connectivity index (χ3v) is 4.21. The van der Waals surface area contributed by atoms with Gasteiger partial charge in [0.15, 0.2) is 6.33 Å². The molecule has 0 bridgehead atoms. The molecule has 3 heterocycles. The van der Waals surface area contributed by atoms with E-state index in [1.54, 1.807) is 6.92 Å². The Hall–Kier alpha value is -3.57. The molecule has 0 aliphatic rings. The Kier molecular flexibility index (Phi) is 3.94. The van der Waals surface area contributed by atoms with E-state index in [4.69, 9.17) is 0 Å². The topological polar surface area (TPSA) is 139 Å². The van der Waals surface area contributed by atoms with E-state index < -0.39 is 0 Å². The van der Waals surface area contributed by atoms with E-state index in [0.717, 1.165) is 0 Å². The number of nitrogens with zero attached hydrogens (tertiary/aromatic N) is 10. The smallest absolute Gasteiger partial charge is 0.267 e. The van der Waals surface area contributed by atoms with Crippen LogP contribution in [0.15, 0.2) is 28.0 Å². The predicted molar refractivity (Wildman–Crippen MR) is 94.1 cm³/mol. The summed E-state index contributed by atoms with van der Waals surface area (Å²) in [5.41, 5.74) is 0.0414. The molecule has 0 radical (unpaired) electrons. The Labute approximate surface area is 151 Å². The SMILES string of the molecule is CC(C)n1nnc2cc3c(=O)n(C(C)Cn4ncnn4)nnc3cc2c1=O. The lowest BCUT2D eigenvalue weighted by molar-refractivity contribution is 0.354. The number of hydrogen-bond acceptors (Lipinski definition) is 9. The highest BCUT2D eigenvalue weighted by Crippen LogP contribution is 2.15. The van der Waals surface area contributed by atoms with Gasteiger partial charge in [-0.3, -0.25) is 9.59 Å². The van der Waals surface area contributed by atoms with Crippen LogP contribution in [0.25, 0.3) is 21.8 Å². The zero-order valence-electron chi connectivity index (χ0n) is 14.9. The van der Waals surface area contributed by atoms with Crippen molar-refractivity contribution in [3.05, 3.63) is 39.2 Å². The molecule has 0 amide bonds. The summed E-state index contributed by atoms with van der Waals surface area (Å²) in [6, 6.07) is 2.58. The van der Waals surface area contributed by atoms with Crippen molar-refractivity contribution in [3.63, 3.8) is 0 Å². The van der Waals surface area contributed by atoms with E-state index in [1.807, 2.05) is 13.8 Å². The molecule has 0 spiro atoms. The molecule has 4 aromatic rings. The fraction of sp³-hybridized carbons (Fsp3) is 0.400. The number of fused-ring (bicyclic) bond motifs is 2. The molecule has 0 saturated heterocycles. The van der Waals surface area contributed by atoms with Gasteiger partial charge in [0.25, 0.3) is 11.1 Å². The minimum absolute atomic E-state index is 0.129. The van der Waals surface area contributed by atoms with Crippen LogP contribution in [0.4, 0.5) is 0 Å². The lowest BCUT2D eigenvalue weighted by Gasteiger charge is -2.12. The van der Waals surface area contributed by atoms with Gasteiger partial charge in [-0.05, 0) is 38.1 Å². The lowest BCUT2D eigenvalue weighted by Crippen LogP contribution is -2.30. The molecule has 0 aliphatic carbocycles. The van der Waals surface area contributed by atoms with Crippen LogP contribution in [-0.4, -0.2) is 50.2 Å². The van der Waals surface area contributed by atoms with Crippen LogP contribution in [0.3, 0.4) is 0 Å². The summed E-state index contributed by atoms with van der Waals surface area (Å²) in [7, 11) is 0. The van der Waals surface area contributed by atoms with Gasteiger partial charge in [0, 0.05) is 0 Å². The molecule has 4 rings (SSSR count). The second kappa shape index (κ2) is 6.30. The summed E-state index contributed by atoms with van der Waals surface area (Å²) < 4.78 is 2.54. The van der Waals surface area contributed by atoms with Crippen LogP contribution in [0.1, 0.15) is 32.9 Å². The van der Waals surface area contributed by atoms with Crippen LogP contribution in [0.2, 0.25) is 0 Å². The van der Waals surface area contributed by atoms with Crippen molar-refractivity contribution in [3.8, 4) is 0 Å². The predicted octanol–water partition coefficient (Wildman–Crippen LogP) is -0.275. The highest BCUT2D eigenvalue weighted by molar-refractivity contribution is 5.93. The molecule has 0 N–H and O–H groups in total. The van der Waals surface area contributed by atoms with Crippen molar-refractivity contribution in [2.75, 3.05) is 0 Å². The molecule has 27 heavy (non-hydrogen) atoms. The first-order valence-corrected chi connectivity index (χ1v) is 8.35. The van der Waals surface area contributed by atoms with Crippen molar-refractivity contribution in [1.29, 1.82) is 0 Å². The number of hydrogen-bond donors (Lipinski definition) is 0. The van der Waals surface area contributed by atoms with Crippen LogP contribution in [-0.2, 0) is 6.54 Å². The average Bonchev–Trinajstić information content (AvgIpc) is 3.14. The first-order valence-electron chi connectivity index (χ1n) is 8.35. The van der Waals surface area contributed by atoms with Gasteiger partial charge >= 0.3 is 0 Å². The van der Waals surface area contributed by atoms with Crippen molar-refractivity contribution in [2.24, 2.45) is 0 Å². The molecule has 0 fully saturated rings. The zero-order chi connectivity index (χ0) is 19.1. The molecular weight excluding hydrogens is 352 g/mol. The minimum atomic E-state index is -0.348. The normalized spacial score (nSPS) is 12.9. The monoisotopic (exact) mass is 368 g/mol. The van der Waals surface area contributed by atoms with Gasteiger partial charge in [0.1, 0.15) is 11.0 Å². The Bertz CT molecular complexity index is 1240. The highest BCUT2D eigenvalue weighted by Gasteiger charge is 2.16. The molecule has 12 nitrogen and oxygen atoms in total. The molecule has 1 atom stereocenters. The van der Waals surface area contributed by atoms with Crippen molar-refractivity contribution in [2.45, 2.75) is 39.4 Å². The number of aromatic nitrogens is 10. The first kappa shape index (κ1) is 16.9. The van der Waals surface area contributed by atoms with Crippen LogP contribution in [0.5, 0.6) is 0 Å². The Morgan fingerprint density at radius 3 is 2.04 bits per heavy atom. The van der Waals surface area contributed by atoms with Crippen molar-refractivity contribution < 1.29 is 0 Å². The third-order valence-electron chi connectivity index (χ3n) is 4.21. The van der Waals surface area contributed by atoms with E-state index >= 15 is 0 Å². The van der Waals surface area contributed by atoms with Crippen LogP contribution in [0, 0.1) is 0 Å². The summed E-state index contributed by atoms with van der Waals surface area (Å²) >= 11 is 0. The summed E-state index contributed by atoms with van der Waals surface area (Å²) in [5, 5.41) is 28.1. The van der Waals surface area contributed by atoms with Crippen LogP contribution < -0.4 is 11.1 Å². The second-order valence-corrected chi connectivity index (χ2v) is 6.50. The number of tetrazole rings is 1. The quantitative estimate of drug-likeness (QED) is 0.445. The van der Waals surface area contributed by atoms with Crippen molar-refractivity contribution >= 4 is 21.8 Å². The average molecular weight is 368 g/mol. The number of benzene rings is 1. The highest BCUT2D eigenvalue weighted by atomic mass is 16.1. The first-order chi connectivity index (χ1) is 13.0. The Morgan fingerprint density at radius 1 is 0.889 bits per heavy atom. The number of rotatable bonds is 4. The summed E-state index contributed by atoms with van der Waals surface area (Å²) in [4.78, 5) is 26.8. The molecule has 3 aromatic heterocycles. The summed E-state index contributed by atoms with van der Waals surface area (Å²) in [6.45, 7) is 5.79. The maximum atomic E-state index is 12.9. The minimum Gasteiger partial charge on any atom is -0.267 e. The van der Waals surface area contributed by atoms with Gasteiger partial charge in [-0.25, -0.2) is 9.36 Å². The molecule has 12 heteroatoms. The largest absolute Gasteiger partial charge is 0.277 e. The van der Waals surface area contributed by atoms with Gasteiger partial charge in [-0.15, -0.1) is 20.4 Å².